The van der Waals surface area contributed by atoms with Crippen LogP contribution < -0.4 is 10.2 Å². The molecule has 1 saturated heterocycles. The second-order valence-electron chi connectivity index (χ2n) is 9.11. The fourth-order valence-electron chi connectivity index (χ4n) is 5.12. The molecule has 1 unspecified atom stereocenters. The standard InChI is InChI=1S/C27H26Cl2FN3O/c28-21-5-3-19(4-6-21)2-1-13-32-14-10-27(11-15-32)18-33(24-8-7-22(29)17-23(24)27)26(34)20-9-12-31-25(30)16-20/h1-9,12,16-17,25,31H,10-11,13-15,18H2/b2-1+. The summed E-state index contributed by atoms with van der Waals surface area (Å²) in [5.41, 5.74) is 3.37. The van der Waals surface area contributed by atoms with Gasteiger partial charge in [-0.3, -0.25) is 9.69 Å². The van der Waals surface area contributed by atoms with E-state index in [4.69, 9.17) is 23.2 Å². The van der Waals surface area contributed by atoms with Gasteiger partial charge in [-0.25, -0.2) is 4.39 Å². The molecule has 3 aliphatic heterocycles. The zero-order valence-corrected chi connectivity index (χ0v) is 20.2. The van der Waals surface area contributed by atoms with Crippen LogP contribution >= 0.6 is 23.2 Å². The fourth-order valence-corrected chi connectivity index (χ4v) is 5.41. The van der Waals surface area contributed by atoms with Crippen molar-refractivity contribution < 1.29 is 9.18 Å². The molecule has 1 spiro atoms. The summed E-state index contributed by atoms with van der Waals surface area (Å²) in [5, 5.41) is 3.95. The molecule has 3 heterocycles. The van der Waals surface area contributed by atoms with Crippen LogP contribution in [-0.4, -0.2) is 43.3 Å². The topological polar surface area (TPSA) is 35.6 Å². The number of hydrogen-bond donors (Lipinski definition) is 1. The van der Waals surface area contributed by atoms with E-state index in [1.54, 1.807) is 11.0 Å². The molecule has 7 heteroatoms. The number of hydrogen-bond acceptors (Lipinski definition) is 3. The van der Waals surface area contributed by atoms with Crippen LogP contribution in [0.3, 0.4) is 0 Å². The van der Waals surface area contributed by atoms with E-state index in [2.05, 4.69) is 22.4 Å². The molecule has 2 aromatic rings. The van der Waals surface area contributed by atoms with Crippen molar-refractivity contribution in [2.24, 2.45) is 0 Å². The second kappa shape index (κ2) is 9.57. The molecule has 1 atom stereocenters. The lowest BCUT2D eigenvalue weighted by molar-refractivity contribution is -0.115. The third kappa shape index (κ3) is 4.65. The van der Waals surface area contributed by atoms with Gasteiger partial charge < -0.3 is 10.2 Å². The van der Waals surface area contributed by atoms with E-state index in [0.29, 0.717) is 17.1 Å². The van der Waals surface area contributed by atoms with Crippen LogP contribution in [-0.2, 0) is 10.2 Å². The molecule has 1 fully saturated rings. The lowest BCUT2D eigenvalue weighted by atomic mass is 9.74. The minimum atomic E-state index is -1.35. The van der Waals surface area contributed by atoms with Gasteiger partial charge in [-0.15, -0.1) is 0 Å². The first-order valence-corrected chi connectivity index (χ1v) is 12.2. The lowest BCUT2D eigenvalue weighted by Crippen LogP contribution is -2.46. The molecule has 34 heavy (non-hydrogen) atoms. The van der Waals surface area contributed by atoms with Crippen LogP contribution in [0.15, 0.2) is 72.5 Å². The number of anilines is 1. The van der Waals surface area contributed by atoms with Gasteiger partial charge in [-0.1, -0.05) is 47.5 Å². The number of carbonyl (C=O) groups excluding carboxylic acids is 1. The maximum atomic E-state index is 13.8. The summed E-state index contributed by atoms with van der Waals surface area (Å²) in [6, 6.07) is 13.5. The van der Waals surface area contributed by atoms with Crippen molar-refractivity contribution >= 4 is 40.9 Å². The minimum Gasteiger partial charge on any atom is -0.359 e. The summed E-state index contributed by atoms with van der Waals surface area (Å²) >= 11 is 12.3. The molecular formula is C27H26Cl2FN3O. The highest BCUT2D eigenvalue weighted by Crippen LogP contribution is 2.48. The average molecular weight is 498 g/mol. The van der Waals surface area contributed by atoms with E-state index < -0.39 is 6.30 Å². The van der Waals surface area contributed by atoms with Crippen molar-refractivity contribution in [3.05, 3.63) is 93.6 Å². The van der Waals surface area contributed by atoms with Gasteiger partial charge >= 0.3 is 0 Å². The van der Waals surface area contributed by atoms with Crippen LogP contribution in [0.4, 0.5) is 10.1 Å². The SMILES string of the molecule is O=C(C1=CC(F)NC=C1)N1CC2(CCN(C/C=C/c3ccc(Cl)cc3)CC2)c2cc(Cl)ccc21. The molecule has 0 radical (unpaired) electrons. The number of halogens is 3. The van der Waals surface area contributed by atoms with E-state index >= 15 is 0 Å². The van der Waals surface area contributed by atoms with Gasteiger partial charge in [0, 0.05) is 39.8 Å². The quantitative estimate of drug-likeness (QED) is 0.548. The molecule has 3 aliphatic rings. The predicted molar refractivity (Wildman–Crippen MR) is 137 cm³/mol. The predicted octanol–water partition coefficient (Wildman–Crippen LogP) is 5.73. The number of nitrogens with zero attached hydrogens (tertiary/aromatic N) is 2. The molecule has 4 nitrogen and oxygen atoms in total. The number of dihydropyridines is 1. The third-order valence-corrected chi connectivity index (χ3v) is 7.46. The maximum Gasteiger partial charge on any atom is 0.258 e. The van der Waals surface area contributed by atoms with Crippen LogP contribution in [0.2, 0.25) is 10.0 Å². The Labute approximate surface area is 209 Å². The highest BCUT2D eigenvalue weighted by atomic mass is 35.5. The Morgan fingerprint density at radius 2 is 1.85 bits per heavy atom. The summed E-state index contributed by atoms with van der Waals surface area (Å²) in [5.74, 6) is -0.172. The van der Waals surface area contributed by atoms with Gasteiger partial charge in [0.2, 0.25) is 0 Å². The van der Waals surface area contributed by atoms with Gasteiger partial charge in [-0.2, -0.15) is 0 Å². The summed E-state index contributed by atoms with van der Waals surface area (Å²) in [6.45, 7) is 3.31. The van der Waals surface area contributed by atoms with Crippen molar-refractivity contribution in [2.75, 3.05) is 31.1 Å². The first-order chi connectivity index (χ1) is 16.4. The fraction of sp³-hybridized carbons (Fsp3) is 0.296. The largest absolute Gasteiger partial charge is 0.359 e. The van der Waals surface area contributed by atoms with Gasteiger partial charge in [0.25, 0.3) is 5.91 Å². The van der Waals surface area contributed by atoms with Crippen molar-refractivity contribution in [2.45, 2.75) is 24.6 Å². The molecule has 1 amide bonds. The van der Waals surface area contributed by atoms with Gasteiger partial charge in [0.05, 0.1) is 0 Å². The van der Waals surface area contributed by atoms with Gasteiger partial charge in [-0.05, 0) is 85.7 Å². The van der Waals surface area contributed by atoms with Crippen molar-refractivity contribution in [1.82, 2.24) is 10.2 Å². The van der Waals surface area contributed by atoms with Crippen molar-refractivity contribution in [3.63, 3.8) is 0 Å². The number of amides is 1. The van der Waals surface area contributed by atoms with Crippen molar-refractivity contribution in [1.29, 1.82) is 0 Å². The Balaban J connectivity index is 1.30. The molecule has 2 aromatic carbocycles. The highest BCUT2D eigenvalue weighted by Gasteiger charge is 2.46. The van der Waals surface area contributed by atoms with E-state index in [1.165, 1.54) is 12.3 Å². The van der Waals surface area contributed by atoms with Gasteiger partial charge in [0.15, 0.2) is 6.30 Å². The summed E-state index contributed by atoms with van der Waals surface area (Å²) < 4.78 is 13.8. The Hall–Kier alpha value is -2.60. The van der Waals surface area contributed by atoms with Crippen LogP contribution in [0.1, 0.15) is 24.0 Å². The Morgan fingerprint density at radius 1 is 1.12 bits per heavy atom. The molecule has 0 saturated carbocycles. The molecular weight excluding hydrogens is 472 g/mol. The molecule has 1 N–H and O–H groups in total. The molecule has 5 rings (SSSR count). The minimum absolute atomic E-state index is 0.140. The zero-order valence-electron chi connectivity index (χ0n) is 18.7. The van der Waals surface area contributed by atoms with E-state index in [-0.39, 0.29) is 11.3 Å². The Kier molecular flexibility index (Phi) is 6.52. The lowest BCUT2D eigenvalue weighted by Gasteiger charge is -2.39. The number of fused-ring (bicyclic) bond motifs is 2. The summed E-state index contributed by atoms with van der Waals surface area (Å²) in [7, 11) is 0. The molecule has 0 aromatic heterocycles. The Morgan fingerprint density at radius 3 is 2.59 bits per heavy atom. The number of rotatable bonds is 4. The monoisotopic (exact) mass is 497 g/mol. The van der Waals surface area contributed by atoms with E-state index in [0.717, 1.165) is 54.3 Å². The van der Waals surface area contributed by atoms with Crippen LogP contribution in [0.25, 0.3) is 6.08 Å². The van der Waals surface area contributed by atoms with Crippen molar-refractivity contribution in [3.8, 4) is 0 Å². The summed E-state index contributed by atoms with van der Waals surface area (Å²) in [4.78, 5) is 17.6. The van der Waals surface area contributed by atoms with Crippen LogP contribution in [0.5, 0.6) is 0 Å². The number of benzene rings is 2. The highest BCUT2D eigenvalue weighted by molar-refractivity contribution is 6.31. The number of nitrogens with one attached hydrogen (secondary N) is 1. The number of alkyl halides is 1. The average Bonchev–Trinajstić information content (AvgIpc) is 3.14. The summed E-state index contributed by atoms with van der Waals surface area (Å²) in [6.07, 6.45) is 9.26. The van der Waals surface area contributed by atoms with E-state index in [1.807, 2.05) is 42.5 Å². The molecule has 176 valence electrons. The number of piperidine rings is 1. The molecule has 0 aliphatic carbocycles. The number of carbonyl (C=O) groups is 1. The smallest absolute Gasteiger partial charge is 0.258 e. The first-order valence-electron chi connectivity index (χ1n) is 11.5. The molecule has 0 bridgehead atoms. The Bertz CT molecular complexity index is 1170. The van der Waals surface area contributed by atoms with Gasteiger partial charge in [0.1, 0.15) is 0 Å². The van der Waals surface area contributed by atoms with E-state index in [9.17, 15) is 9.18 Å². The second-order valence-corrected chi connectivity index (χ2v) is 9.98. The first kappa shape index (κ1) is 23.2. The normalized spacial score (nSPS) is 21.6. The third-order valence-electron chi connectivity index (χ3n) is 6.97. The maximum absolute atomic E-state index is 13.8. The zero-order chi connectivity index (χ0) is 23.7. The number of likely N-dealkylation sites (tertiary alicyclic amines) is 1. The van der Waals surface area contributed by atoms with Crippen LogP contribution in [0, 0.1) is 0 Å².